The molecular weight excluding hydrogens is 537 g/mol. The number of rotatable bonds is 5. The number of aryl methyl sites for hydroxylation is 1. The number of ether oxygens (including phenoxy) is 1. The fourth-order valence-corrected chi connectivity index (χ4v) is 6.97. The molecule has 2 aliphatic rings. The first-order valence-electron chi connectivity index (χ1n) is 11.5. The van der Waals surface area contributed by atoms with E-state index in [0.717, 1.165) is 39.3 Å². The van der Waals surface area contributed by atoms with Gasteiger partial charge in [0.25, 0.3) is 5.91 Å². The van der Waals surface area contributed by atoms with Crippen LogP contribution in [-0.2, 0) is 17.6 Å². The highest BCUT2D eigenvalue weighted by Gasteiger charge is 2.48. The van der Waals surface area contributed by atoms with Crippen LogP contribution in [0, 0.1) is 0 Å². The Hall–Kier alpha value is -2.57. The zero-order chi connectivity index (χ0) is 25.6. The number of carbonyl (C=O) groups excluding carboxylic acids is 2. The Balaban J connectivity index is 1.50. The molecule has 0 fully saturated rings. The van der Waals surface area contributed by atoms with E-state index in [1.807, 2.05) is 0 Å². The molecule has 5 rings (SSSR count). The first-order valence-corrected chi connectivity index (χ1v) is 13.5. The van der Waals surface area contributed by atoms with Crippen molar-refractivity contribution in [3.63, 3.8) is 0 Å². The summed E-state index contributed by atoms with van der Waals surface area (Å²) in [6.45, 7) is 1.87. The molecule has 0 radical (unpaired) electrons. The number of halogens is 4. The third-order valence-electron chi connectivity index (χ3n) is 6.28. The van der Waals surface area contributed by atoms with E-state index in [-0.39, 0.29) is 29.6 Å². The van der Waals surface area contributed by atoms with Gasteiger partial charge >= 0.3 is 12.1 Å². The summed E-state index contributed by atoms with van der Waals surface area (Å²) in [5, 5.41) is 11.6. The van der Waals surface area contributed by atoms with Gasteiger partial charge in [-0.25, -0.2) is 9.48 Å². The molecule has 13 heteroatoms. The van der Waals surface area contributed by atoms with Gasteiger partial charge in [0.15, 0.2) is 11.7 Å². The van der Waals surface area contributed by atoms with Gasteiger partial charge in [-0.3, -0.25) is 4.79 Å². The van der Waals surface area contributed by atoms with Crippen molar-refractivity contribution in [2.75, 3.05) is 17.2 Å². The summed E-state index contributed by atoms with van der Waals surface area (Å²) in [4.78, 5) is 27.7. The number of thiophene rings is 2. The van der Waals surface area contributed by atoms with Gasteiger partial charge in [-0.1, -0.05) is 17.7 Å². The molecular formula is C23H22ClF3N4O3S2. The van der Waals surface area contributed by atoms with Gasteiger partial charge in [-0.05, 0) is 49.6 Å². The Kier molecular flexibility index (Phi) is 6.77. The predicted octanol–water partition coefficient (Wildman–Crippen LogP) is 6.63. The molecule has 1 aliphatic carbocycles. The quantitative estimate of drug-likeness (QED) is 0.343. The second-order valence-corrected chi connectivity index (χ2v) is 11.0. The molecule has 0 saturated carbocycles. The summed E-state index contributed by atoms with van der Waals surface area (Å²) >= 11 is 9.05. The lowest BCUT2D eigenvalue weighted by Gasteiger charge is -2.32. The molecule has 0 aromatic carbocycles. The fraction of sp³-hybridized carbons (Fsp3) is 0.435. The van der Waals surface area contributed by atoms with Gasteiger partial charge in [0.05, 0.1) is 18.2 Å². The number of fused-ring (bicyclic) bond motifs is 2. The fourth-order valence-electron chi connectivity index (χ4n) is 4.65. The standard InChI is InChI=1S/C23H22ClF3N4O3S2/c1-2-34-22(33)16-11-6-3-4-7-13(11)36-21(16)29-20(32)18-17(24)19-28-12(14-8-5-9-35-14)10-15(23(25,26)27)31(19)30-18/h5,8-9,12,15,28H,2-4,6-7,10H2,1H3,(H,29,32)/t12-,15-/m1/s1. The van der Waals surface area contributed by atoms with Gasteiger partial charge in [-0.2, -0.15) is 18.3 Å². The average molecular weight is 559 g/mol. The van der Waals surface area contributed by atoms with Gasteiger partial charge < -0.3 is 15.4 Å². The minimum absolute atomic E-state index is 0.0649. The van der Waals surface area contributed by atoms with E-state index in [0.29, 0.717) is 17.0 Å². The maximum Gasteiger partial charge on any atom is 0.410 e. The van der Waals surface area contributed by atoms with Crippen LogP contribution < -0.4 is 10.6 Å². The third-order valence-corrected chi connectivity index (χ3v) is 8.83. The summed E-state index contributed by atoms with van der Waals surface area (Å²) in [6, 6.07) is 0.926. The maximum absolute atomic E-state index is 14.0. The molecule has 3 aromatic rings. The second kappa shape index (κ2) is 9.71. The zero-order valence-electron chi connectivity index (χ0n) is 19.1. The Labute approximate surface area is 217 Å². The van der Waals surface area contributed by atoms with Gasteiger partial charge in [0.1, 0.15) is 15.8 Å². The number of hydrogen-bond acceptors (Lipinski definition) is 7. The van der Waals surface area contributed by atoms with E-state index in [9.17, 15) is 22.8 Å². The van der Waals surface area contributed by atoms with Gasteiger partial charge in [0, 0.05) is 16.2 Å². The molecule has 192 valence electrons. The van der Waals surface area contributed by atoms with E-state index in [4.69, 9.17) is 16.3 Å². The summed E-state index contributed by atoms with van der Waals surface area (Å²) in [5.41, 5.74) is 0.809. The number of amides is 1. The lowest BCUT2D eigenvalue weighted by Crippen LogP contribution is -2.35. The first-order chi connectivity index (χ1) is 17.2. The van der Waals surface area contributed by atoms with Crippen molar-refractivity contribution in [3.05, 3.63) is 49.1 Å². The molecule has 0 unspecified atom stereocenters. The van der Waals surface area contributed by atoms with E-state index < -0.39 is 30.1 Å². The number of carbonyl (C=O) groups is 2. The molecule has 3 aromatic heterocycles. The Morgan fingerprint density at radius 2 is 2.11 bits per heavy atom. The van der Waals surface area contributed by atoms with Crippen molar-refractivity contribution in [3.8, 4) is 0 Å². The van der Waals surface area contributed by atoms with Crippen molar-refractivity contribution < 1.29 is 27.5 Å². The molecule has 1 amide bonds. The highest BCUT2D eigenvalue weighted by molar-refractivity contribution is 7.17. The van der Waals surface area contributed by atoms with Crippen molar-refractivity contribution >= 4 is 57.0 Å². The molecule has 0 saturated heterocycles. The highest BCUT2D eigenvalue weighted by Crippen LogP contribution is 2.47. The topological polar surface area (TPSA) is 85.2 Å². The van der Waals surface area contributed by atoms with Gasteiger partial charge in [0.2, 0.25) is 0 Å². The predicted molar refractivity (Wildman–Crippen MR) is 132 cm³/mol. The number of anilines is 2. The maximum atomic E-state index is 14.0. The van der Waals surface area contributed by atoms with E-state index >= 15 is 0 Å². The van der Waals surface area contributed by atoms with Crippen LogP contribution >= 0.6 is 34.3 Å². The zero-order valence-corrected chi connectivity index (χ0v) is 21.5. The van der Waals surface area contributed by atoms with Crippen LogP contribution in [0.4, 0.5) is 24.0 Å². The number of aromatic nitrogens is 2. The van der Waals surface area contributed by atoms with Crippen molar-refractivity contribution in [2.45, 2.75) is 57.3 Å². The largest absolute Gasteiger partial charge is 0.462 e. The van der Waals surface area contributed by atoms with Crippen molar-refractivity contribution in [1.29, 1.82) is 0 Å². The molecule has 2 N–H and O–H groups in total. The minimum Gasteiger partial charge on any atom is -0.462 e. The van der Waals surface area contributed by atoms with E-state index in [1.54, 1.807) is 24.4 Å². The van der Waals surface area contributed by atoms with Crippen LogP contribution in [0.1, 0.15) is 74.4 Å². The van der Waals surface area contributed by atoms with Crippen molar-refractivity contribution in [1.82, 2.24) is 9.78 Å². The summed E-state index contributed by atoms with van der Waals surface area (Å²) in [5.74, 6) is -1.40. The summed E-state index contributed by atoms with van der Waals surface area (Å²) in [7, 11) is 0. The van der Waals surface area contributed by atoms with Crippen LogP contribution in [0.2, 0.25) is 5.02 Å². The molecule has 2 atom stereocenters. The van der Waals surface area contributed by atoms with E-state index in [2.05, 4.69) is 15.7 Å². The Morgan fingerprint density at radius 3 is 2.81 bits per heavy atom. The lowest BCUT2D eigenvalue weighted by molar-refractivity contribution is -0.173. The van der Waals surface area contributed by atoms with E-state index in [1.165, 1.54) is 22.7 Å². The smallest absolute Gasteiger partial charge is 0.410 e. The third kappa shape index (κ3) is 4.50. The normalized spacial score (nSPS) is 19.2. The molecule has 36 heavy (non-hydrogen) atoms. The van der Waals surface area contributed by atoms with Crippen LogP contribution in [0.25, 0.3) is 0 Å². The van der Waals surface area contributed by atoms with Gasteiger partial charge in [-0.15, -0.1) is 22.7 Å². The van der Waals surface area contributed by atoms with Crippen LogP contribution in [0.5, 0.6) is 0 Å². The van der Waals surface area contributed by atoms with Crippen LogP contribution in [0.15, 0.2) is 17.5 Å². The first kappa shape index (κ1) is 25.1. The minimum atomic E-state index is -4.60. The summed E-state index contributed by atoms with van der Waals surface area (Å²) < 4.78 is 47.9. The summed E-state index contributed by atoms with van der Waals surface area (Å²) in [6.07, 6.45) is -1.53. The number of nitrogens with one attached hydrogen (secondary N) is 2. The Bertz CT molecular complexity index is 1300. The number of alkyl halides is 3. The molecule has 0 bridgehead atoms. The average Bonchev–Trinajstić information content (AvgIpc) is 3.55. The second-order valence-electron chi connectivity index (χ2n) is 8.55. The lowest BCUT2D eigenvalue weighted by atomic mass is 9.95. The SMILES string of the molecule is CCOC(=O)c1c(NC(=O)c2nn3c(c2Cl)N[C@@H](c2cccs2)C[C@@H]3C(F)(F)F)sc2c1CCCC2. The molecule has 1 aliphatic heterocycles. The molecule has 4 heterocycles. The monoisotopic (exact) mass is 558 g/mol. The molecule has 0 spiro atoms. The Morgan fingerprint density at radius 1 is 1.33 bits per heavy atom. The van der Waals surface area contributed by atoms with Crippen LogP contribution in [-0.4, -0.2) is 34.4 Å². The number of nitrogens with zero attached hydrogens (tertiary/aromatic N) is 2. The van der Waals surface area contributed by atoms with Crippen molar-refractivity contribution in [2.24, 2.45) is 0 Å². The number of hydrogen-bond donors (Lipinski definition) is 2. The highest BCUT2D eigenvalue weighted by atomic mass is 35.5. The van der Waals surface area contributed by atoms with Crippen LogP contribution in [0.3, 0.4) is 0 Å². The number of esters is 1. The molecule has 7 nitrogen and oxygen atoms in total.